The zero-order valence-electron chi connectivity index (χ0n) is 11.6. The van der Waals surface area contributed by atoms with Crippen molar-refractivity contribution < 1.29 is 0 Å². The van der Waals surface area contributed by atoms with Crippen molar-refractivity contribution in [2.24, 2.45) is 0 Å². The fourth-order valence-electron chi connectivity index (χ4n) is 2.06. The Morgan fingerprint density at radius 1 is 1.00 bits per heavy atom. The molecule has 1 aromatic heterocycles. The second-order valence-corrected chi connectivity index (χ2v) is 4.67. The fourth-order valence-corrected chi connectivity index (χ4v) is 2.06. The second-order valence-electron chi connectivity index (χ2n) is 4.67. The van der Waals surface area contributed by atoms with Crippen LogP contribution in [-0.4, -0.2) is 17.0 Å². The molecule has 0 amide bonds. The molecule has 2 rings (SSSR count). The lowest BCUT2D eigenvalue weighted by molar-refractivity contribution is 1.06. The maximum atomic E-state index is 4.59. The lowest BCUT2D eigenvalue weighted by Gasteiger charge is -2.11. The largest absolute Gasteiger partial charge is 0.373 e. The van der Waals surface area contributed by atoms with Crippen LogP contribution >= 0.6 is 0 Å². The normalized spacial score (nSPS) is 10.5. The van der Waals surface area contributed by atoms with Crippen LogP contribution in [0.1, 0.15) is 22.4 Å². The molecule has 18 heavy (non-hydrogen) atoms. The number of hydrogen-bond donors (Lipinski definition) is 1. The highest BCUT2D eigenvalue weighted by molar-refractivity contribution is 5.63. The van der Waals surface area contributed by atoms with Gasteiger partial charge in [0.15, 0.2) is 5.82 Å². The summed E-state index contributed by atoms with van der Waals surface area (Å²) in [5.74, 6) is 1.69. The Hall–Kier alpha value is -1.90. The molecule has 0 atom stereocenters. The summed E-state index contributed by atoms with van der Waals surface area (Å²) < 4.78 is 0. The van der Waals surface area contributed by atoms with Crippen LogP contribution in [0.3, 0.4) is 0 Å². The first kappa shape index (κ1) is 12.6. The van der Waals surface area contributed by atoms with Crippen LogP contribution in [0.25, 0.3) is 11.4 Å². The van der Waals surface area contributed by atoms with E-state index >= 15 is 0 Å². The van der Waals surface area contributed by atoms with Gasteiger partial charge in [-0.3, -0.25) is 0 Å². The maximum absolute atomic E-state index is 4.59. The Balaban J connectivity index is 2.60. The zero-order chi connectivity index (χ0) is 13.3. The van der Waals surface area contributed by atoms with Crippen molar-refractivity contribution in [1.82, 2.24) is 9.97 Å². The van der Waals surface area contributed by atoms with Crippen molar-refractivity contribution >= 4 is 5.82 Å². The summed E-state index contributed by atoms with van der Waals surface area (Å²) in [6.45, 7) is 8.24. The van der Waals surface area contributed by atoms with Gasteiger partial charge in [-0.1, -0.05) is 23.8 Å². The summed E-state index contributed by atoms with van der Waals surface area (Å²) >= 11 is 0. The number of benzene rings is 1. The minimum absolute atomic E-state index is 0.792. The topological polar surface area (TPSA) is 37.8 Å². The third kappa shape index (κ3) is 2.21. The highest BCUT2D eigenvalue weighted by Gasteiger charge is 2.10. The molecule has 0 unspecified atom stereocenters. The molecule has 1 N–H and O–H groups in total. The van der Waals surface area contributed by atoms with Crippen LogP contribution in [0.4, 0.5) is 5.82 Å². The molecule has 0 saturated carbocycles. The van der Waals surface area contributed by atoms with Gasteiger partial charge in [-0.2, -0.15) is 0 Å². The van der Waals surface area contributed by atoms with E-state index in [0.29, 0.717) is 0 Å². The van der Waals surface area contributed by atoms with E-state index in [-0.39, 0.29) is 0 Å². The average molecular weight is 241 g/mol. The molecule has 3 heteroatoms. The molecule has 0 aliphatic heterocycles. The molecule has 0 saturated heterocycles. The Morgan fingerprint density at radius 2 is 1.72 bits per heavy atom. The van der Waals surface area contributed by atoms with Crippen LogP contribution in [-0.2, 0) is 0 Å². The molecule has 3 nitrogen and oxygen atoms in total. The zero-order valence-corrected chi connectivity index (χ0v) is 11.6. The smallest absolute Gasteiger partial charge is 0.162 e. The van der Waals surface area contributed by atoms with Gasteiger partial charge in [-0.25, -0.2) is 9.97 Å². The molecule has 0 radical (unpaired) electrons. The number of nitrogens with one attached hydrogen (secondary N) is 1. The van der Waals surface area contributed by atoms with Crippen molar-refractivity contribution in [3.8, 4) is 11.4 Å². The highest BCUT2D eigenvalue weighted by atomic mass is 15.0. The predicted molar refractivity (Wildman–Crippen MR) is 76.0 cm³/mol. The van der Waals surface area contributed by atoms with Gasteiger partial charge in [0.2, 0.25) is 0 Å². The van der Waals surface area contributed by atoms with Crippen LogP contribution in [0.15, 0.2) is 18.2 Å². The van der Waals surface area contributed by atoms with E-state index in [9.17, 15) is 0 Å². The number of rotatable bonds is 2. The molecule has 1 aromatic carbocycles. The van der Waals surface area contributed by atoms with Gasteiger partial charge in [0, 0.05) is 23.9 Å². The molecule has 0 fully saturated rings. The second kappa shape index (κ2) is 4.77. The molecule has 1 heterocycles. The molecular formula is C15H19N3. The standard InChI is InChI=1S/C15H19N3/c1-9-6-7-13(10(2)8-9)15-17-12(4)11(3)14(16-5)18-15/h6-8H,1-5H3,(H,16,17,18). The van der Waals surface area contributed by atoms with Crippen molar-refractivity contribution in [3.05, 3.63) is 40.6 Å². The molecular weight excluding hydrogens is 222 g/mol. The fraction of sp³-hybridized carbons (Fsp3) is 0.333. The third-order valence-corrected chi connectivity index (χ3v) is 3.25. The Labute approximate surface area is 108 Å². The molecule has 94 valence electrons. The van der Waals surface area contributed by atoms with Gasteiger partial charge in [-0.05, 0) is 33.3 Å². The van der Waals surface area contributed by atoms with Crippen molar-refractivity contribution in [2.45, 2.75) is 27.7 Å². The van der Waals surface area contributed by atoms with Crippen LogP contribution in [0, 0.1) is 27.7 Å². The minimum Gasteiger partial charge on any atom is -0.373 e. The number of hydrogen-bond acceptors (Lipinski definition) is 3. The average Bonchev–Trinajstić information content (AvgIpc) is 2.32. The van der Waals surface area contributed by atoms with Crippen molar-refractivity contribution in [1.29, 1.82) is 0 Å². The first-order chi connectivity index (χ1) is 8.52. The molecule has 0 bridgehead atoms. The van der Waals surface area contributed by atoms with E-state index in [1.54, 1.807) is 0 Å². The van der Waals surface area contributed by atoms with Gasteiger partial charge in [-0.15, -0.1) is 0 Å². The van der Waals surface area contributed by atoms with Crippen molar-refractivity contribution in [3.63, 3.8) is 0 Å². The highest BCUT2D eigenvalue weighted by Crippen LogP contribution is 2.24. The minimum atomic E-state index is 0.792. The van der Waals surface area contributed by atoms with E-state index in [0.717, 1.165) is 28.5 Å². The predicted octanol–water partition coefficient (Wildman–Crippen LogP) is 3.42. The molecule has 0 spiro atoms. The number of aromatic nitrogens is 2. The SMILES string of the molecule is CNc1nc(-c2ccc(C)cc2C)nc(C)c1C. The number of nitrogens with zero attached hydrogens (tertiary/aromatic N) is 2. The van der Waals surface area contributed by atoms with E-state index in [2.05, 4.69) is 47.3 Å². The van der Waals surface area contributed by atoms with E-state index in [1.807, 2.05) is 20.9 Å². The lowest BCUT2D eigenvalue weighted by Crippen LogP contribution is -2.03. The summed E-state index contributed by atoms with van der Waals surface area (Å²) in [7, 11) is 1.89. The van der Waals surface area contributed by atoms with Crippen LogP contribution < -0.4 is 5.32 Å². The van der Waals surface area contributed by atoms with E-state index < -0.39 is 0 Å². The Morgan fingerprint density at radius 3 is 2.33 bits per heavy atom. The maximum Gasteiger partial charge on any atom is 0.162 e. The van der Waals surface area contributed by atoms with Crippen LogP contribution in [0.2, 0.25) is 0 Å². The van der Waals surface area contributed by atoms with Gasteiger partial charge >= 0.3 is 0 Å². The lowest BCUT2D eigenvalue weighted by atomic mass is 10.0. The van der Waals surface area contributed by atoms with Gasteiger partial charge in [0.05, 0.1) is 0 Å². The summed E-state index contributed by atoms with van der Waals surface area (Å²) in [5.41, 5.74) is 5.68. The van der Waals surface area contributed by atoms with Crippen LogP contribution in [0.5, 0.6) is 0 Å². The molecule has 0 aliphatic carbocycles. The summed E-state index contributed by atoms with van der Waals surface area (Å²) in [4.78, 5) is 9.18. The third-order valence-electron chi connectivity index (χ3n) is 3.25. The molecule has 2 aromatic rings. The summed E-state index contributed by atoms with van der Waals surface area (Å²) in [6.07, 6.45) is 0. The van der Waals surface area contributed by atoms with E-state index in [1.165, 1.54) is 11.1 Å². The first-order valence-corrected chi connectivity index (χ1v) is 6.13. The summed E-state index contributed by atoms with van der Waals surface area (Å²) in [6, 6.07) is 6.35. The molecule has 0 aliphatic rings. The Bertz CT molecular complexity index is 589. The van der Waals surface area contributed by atoms with Crippen molar-refractivity contribution in [2.75, 3.05) is 12.4 Å². The van der Waals surface area contributed by atoms with Gasteiger partial charge < -0.3 is 5.32 Å². The number of aryl methyl sites for hydroxylation is 3. The first-order valence-electron chi connectivity index (χ1n) is 6.13. The monoisotopic (exact) mass is 241 g/mol. The van der Waals surface area contributed by atoms with Gasteiger partial charge in [0.25, 0.3) is 0 Å². The summed E-state index contributed by atoms with van der Waals surface area (Å²) in [5, 5.41) is 3.13. The quantitative estimate of drug-likeness (QED) is 0.875. The Kier molecular flexibility index (Phi) is 3.32. The van der Waals surface area contributed by atoms with Gasteiger partial charge in [0.1, 0.15) is 5.82 Å². The number of anilines is 1. The van der Waals surface area contributed by atoms with E-state index in [4.69, 9.17) is 0 Å².